The fourth-order valence-corrected chi connectivity index (χ4v) is 1.31. The van der Waals surface area contributed by atoms with Crippen LogP contribution in [0.1, 0.15) is 0 Å². The number of rotatable bonds is 4. The second-order valence-corrected chi connectivity index (χ2v) is 3.80. The van der Waals surface area contributed by atoms with Gasteiger partial charge in [0.1, 0.15) is 18.9 Å². The van der Waals surface area contributed by atoms with Crippen LogP contribution in [-0.4, -0.2) is 41.3 Å². The van der Waals surface area contributed by atoms with Crippen LogP contribution < -0.4 is 5.32 Å². The van der Waals surface area contributed by atoms with Gasteiger partial charge in [-0.25, -0.2) is 9.18 Å². The van der Waals surface area contributed by atoms with Crippen molar-refractivity contribution in [1.82, 2.24) is 4.90 Å². The number of anilines is 1. The van der Waals surface area contributed by atoms with Crippen molar-refractivity contribution >= 4 is 17.7 Å². The fraction of sp³-hybridized carbons (Fsp3) is 0.273. The van der Waals surface area contributed by atoms with E-state index in [1.807, 2.05) is 0 Å². The van der Waals surface area contributed by atoms with Crippen LogP contribution in [0.25, 0.3) is 0 Å². The topological polar surface area (TPSA) is 69.6 Å². The van der Waals surface area contributed by atoms with Crippen LogP contribution in [-0.2, 0) is 4.79 Å². The molecule has 2 amide bonds. The van der Waals surface area contributed by atoms with Crippen molar-refractivity contribution in [2.75, 3.05) is 18.4 Å². The molecule has 0 aliphatic heterocycles. The second-order valence-electron chi connectivity index (χ2n) is 3.80. The summed E-state index contributed by atoms with van der Waals surface area (Å²) in [5.74, 6) is -2.16. The van der Waals surface area contributed by atoms with Crippen molar-refractivity contribution in [2.45, 2.75) is 6.18 Å². The first-order valence-electron chi connectivity index (χ1n) is 5.27. The maximum Gasteiger partial charge on any atom is 0.406 e. The summed E-state index contributed by atoms with van der Waals surface area (Å²) in [5, 5.41) is 10.5. The van der Waals surface area contributed by atoms with Gasteiger partial charge in [-0.15, -0.1) is 0 Å². The van der Waals surface area contributed by atoms with Gasteiger partial charge in [-0.05, 0) is 24.3 Å². The van der Waals surface area contributed by atoms with Crippen molar-refractivity contribution in [3.8, 4) is 0 Å². The minimum atomic E-state index is -4.73. The maximum atomic E-state index is 12.6. The van der Waals surface area contributed by atoms with Gasteiger partial charge in [0.25, 0.3) is 0 Å². The molecule has 0 heterocycles. The first-order valence-corrected chi connectivity index (χ1v) is 5.27. The molecule has 9 heteroatoms. The van der Waals surface area contributed by atoms with Gasteiger partial charge in [0, 0.05) is 5.69 Å². The number of amides is 2. The number of hydrogen-bond acceptors (Lipinski definition) is 2. The summed E-state index contributed by atoms with van der Waals surface area (Å²) in [5.41, 5.74) is 0.0500. The summed E-state index contributed by atoms with van der Waals surface area (Å²) in [4.78, 5) is 22.1. The van der Waals surface area contributed by atoms with E-state index in [-0.39, 0.29) is 10.6 Å². The van der Waals surface area contributed by atoms with Crippen LogP contribution in [0.2, 0.25) is 0 Å². The molecule has 0 saturated heterocycles. The van der Waals surface area contributed by atoms with Crippen LogP contribution in [0.5, 0.6) is 0 Å². The van der Waals surface area contributed by atoms with E-state index >= 15 is 0 Å². The third-order valence-electron chi connectivity index (χ3n) is 2.08. The zero-order valence-corrected chi connectivity index (χ0v) is 9.95. The zero-order chi connectivity index (χ0) is 15.3. The highest BCUT2D eigenvalue weighted by atomic mass is 19.4. The van der Waals surface area contributed by atoms with Gasteiger partial charge in [-0.1, -0.05) is 0 Å². The van der Waals surface area contributed by atoms with Crippen molar-refractivity contribution in [2.24, 2.45) is 0 Å². The van der Waals surface area contributed by atoms with Gasteiger partial charge in [-0.2, -0.15) is 13.2 Å². The standard InChI is InChI=1S/C11H10F4N2O3/c12-7-1-3-8(4-2-7)16-10(20)17(5-9(18)19)6-11(13,14)15/h1-4H,5-6H2,(H,16,20)(H,18,19). The van der Waals surface area contributed by atoms with E-state index < -0.39 is 37.1 Å². The van der Waals surface area contributed by atoms with E-state index in [0.29, 0.717) is 0 Å². The van der Waals surface area contributed by atoms with Crippen molar-refractivity contribution in [1.29, 1.82) is 0 Å². The predicted octanol–water partition coefficient (Wildman–Crippen LogP) is 2.31. The Morgan fingerprint density at radius 2 is 1.75 bits per heavy atom. The molecule has 0 spiro atoms. The smallest absolute Gasteiger partial charge is 0.406 e. The Bertz CT molecular complexity index is 487. The van der Waals surface area contributed by atoms with Gasteiger partial charge in [0.15, 0.2) is 0 Å². The van der Waals surface area contributed by atoms with E-state index in [1.54, 1.807) is 0 Å². The molecule has 0 fully saturated rings. The van der Waals surface area contributed by atoms with Crippen LogP contribution in [0, 0.1) is 5.82 Å². The molecule has 5 nitrogen and oxygen atoms in total. The lowest BCUT2D eigenvalue weighted by Gasteiger charge is -2.22. The fourth-order valence-electron chi connectivity index (χ4n) is 1.31. The number of carbonyl (C=O) groups excluding carboxylic acids is 1. The minimum absolute atomic E-state index is 0.0500. The Hall–Kier alpha value is -2.32. The molecule has 1 aromatic rings. The average Bonchev–Trinajstić information content (AvgIpc) is 2.29. The number of carbonyl (C=O) groups is 2. The molecule has 0 aliphatic rings. The number of hydrogen-bond donors (Lipinski definition) is 2. The summed E-state index contributed by atoms with van der Waals surface area (Å²) in [6, 6.07) is 3.04. The lowest BCUT2D eigenvalue weighted by Crippen LogP contribution is -2.44. The molecular weight excluding hydrogens is 284 g/mol. The van der Waals surface area contributed by atoms with Gasteiger partial charge >= 0.3 is 18.2 Å². The summed E-state index contributed by atoms with van der Waals surface area (Å²) < 4.78 is 49.4. The predicted molar refractivity (Wildman–Crippen MR) is 60.7 cm³/mol. The average molecular weight is 294 g/mol. The van der Waals surface area contributed by atoms with E-state index in [0.717, 1.165) is 24.3 Å². The van der Waals surface area contributed by atoms with Crippen molar-refractivity contribution < 1.29 is 32.3 Å². The number of carboxylic acids is 1. The monoisotopic (exact) mass is 294 g/mol. The highest BCUT2D eigenvalue weighted by molar-refractivity contribution is 5.91. The lowest BCUT2D eigenvalue weighted by atomic mass is 10.3. The van der Waals surface area contributed by atoms with Crippen LogP contribution >= 0.6 is 0 Å². The number of benzene rings is 1. The second kappa shape index (κ2) is 6.22. The Kier molecular flexibility index (Phi) is 4.89. The summed E-state index contributed by atoms with van der Waals surface area (Å²) in [7, 11) is 0. The molecule has 0 aliphatic carbocycles. The van der Waals surface area contributed by atoms with E-state index in [2.05, 4.69) is 5.32 Å². The van der Waals surface area contributed by atoms with Crippen LogP contribution in [0.15, 0.2) is 24.3 Å². The number of halogens is 4. The normalized spacial score (nSPS) is 11.0. The first-order chi connectivity index (χ1) is 9.17. The van der Waals surface area contributed by atoms with Crippen LogP contribution in [0.4, 0.5) is 28.0 Å². The van der Waals surface area contributed by atoms with Crippen molar-refractivity contribution in [3.63, 3.8) is 0 Å². The molecule has 0 unspecified atom stereocenters. The maximum absolute atomic E-state index is 12.6. The highest BCUT2D eigenvalue weighted by Gasteiger charge is 2.34. The van der Waals surface area contributed by atoms with E-state index in [4.69, 9.17) is 5.11 Å². The Morgan fingerprint density at radius 3 is 2.20 bits per heavy atom. The van der Waals surface area contributed by atoms with Gasteiger partial charge in [-0.3, -0.25) is 4.79 Å². The lowest BCUT2D eigenvalue weighted by molar-refractivity contribution is -0.148. The van der Waals surface area contributed by atoms with Gasteiger partial charge in [0.05, 0.1) is 0 Å². The third kappa shape index (κ3) is 5.55. The number of aliphatic carboxylic acids is 1. The first kappa shape index (κ1) is 15.7. The molecule has 0 bridgehead atoms. The minimum Gasteiger partial charge on any atom is -0.480 e. The van der Waals surface area contributed by atoms with Crippen LogP contribution in [0.3, 0.4) is 0 Å². The molecule has 0 atom stereocenters. The van der Waals surface area contributed by atoms with Crippen molar-refractivity contribution in [3.05, 3.63) is 30.1 Å². The zero-order valence-electron chi connectivity index (χ0n) is 9.95. The number of nitrogens with one attached hydrogen (secondary N) is 1. The molecule has 20 heavy (non-hydrogen) atoms. The molecule has 2 N–H and O–H groups in total. The van der Waals surface area contributed by atoms with Gasteiger partial charge < -0.3 is 15.3 Å². The quantitative estimate of drug-likeness (QED) is 0.837. The molecule has 1 rings (SSSR count). The number of carboxylic acid groups (broad SMARTS) is 1. The largest absolute Gasteiger partial charge is 0.480 e. The molecule has 0 saturated carbocycles. The molecule has 110 valence electrons. The van der Waals surface area contributed by atoms with E-state index in [1.165, 1.54) is 0 Å². The SMILES string of the molecule is O=C(O)CN(CC(F)(F)F)C(=O)Nc1ccc(F)cc1. The number of alkyl halides is 3. The molecule has 1 aromatic carbocycles. The molecule has 0 aromatic heterocycles. The van der Waals surface area contributed by atoms with Gasteiger partial charge in [0.2, 0.25) is 0 Å². The highest BCUT2D eigenvalue weighted by Crippen LogP contribution is 2.17. The Morgan fingerprint density at radius 1 is 1.20 bits per heavy atom. The summed E-state index contributed by atoms with van der Waals surface area (Å²) >= 11 is 0. The third-order valence-corrected chi connectivity index (χ3v) is 2.08. The van der Waals surface area contributed by atoms with E-state index in [9.17, 15) is 27.2 Å². The molecule has 0 radical (unpaired) electrons. The summed E-state index contributed by atoms with van der Waals surface area (Å²) in [6.07, 6.45) is -4.73. The summed E-state index contributed by atoms with van der Waals surface area (Å²) in [6.45, 7) is -2.81. The Balaban J connectivity index is 2.76. The molecular formula is C11H10F4N2O3. The number of nitrogens with zero attached hydrogens (tertiary/aromatic N) is 1. The Labute approximate surface area is 110 Å². The number of urea groups is 1.